The lowest BCUT2D eigenvalue weighted by Gasteiger charge is -2.04. The highest BCUT2D eigenvalue weighted by atomic mass is 16.4. The van der Waals surface area contributed by atoms with Crippen LogP contribution >= 0.6 is 0 Å². The topological polar surface area (TPSA) is 68.3 Å². The van der Waals surface area contributed by atoms with Crippen LogP contribution in [0.15, 0.2) is 87.7 Å². The molecule has 1 N–H and O–H groups in total. The molecule has 1 amide bonds. The molecule has 0 aliphatic carbocycles. The van der Waals surface area contributed by atoms with Crippen LogP contribution in [-0.4, -0.2) is 10.9 Å². The number of fused-ring (bicyclic) bond motifs is 1. The molecular weight excluding hydrogens is 400 g/mol. The van der Waals surface area contributed by atoms with Gasteiger partial charge in [-0.05, 0) is 66.9 Å². The number of hydrogen-bond donors (Lipinski definition) is 1. The second-order valence-corrected chi connectivity index (χ2v) is 7.83. The predicted octanol–water partition coefficient (Wildman–Crippen LogP) is 6.30. The van der Waals surface area contributed by atoms with E-state index in [1.54, 1.807) is 6.07 Å². The maximum absolute atomic E-state index is 12.5. The highest BCUT2D eigenvalue weighted by Gasteiger charge is 2.13. The summed E-state index contributed by atoms with van der Waals surface area (Å²) in [5.74, 6) is 1.30. The number of amides is 1. The predicted molar refractivity (Wildman–Crippen MR) is 124 cm³/mol. The summed E-state index contributed by atoms with van der Waals surface area (Å²) in [7, 11) is 0. The molecule has 0 fully saturated rings. The maximum atomic E-state index is 12.5. The molecule has 0 spiro atoms. The molecule has 0 radical (unpaired) electrons. The third-order valence-electron chi connectivity index (χ3n) is 5.55. The first-order chi connectivity index (χ1) is 15.6. The Balaban J connectivity index is 1.25. The molecule has 5 aromatic rings. The van der Waals surface area contributed by atoms with Gasteiger partial charge in [-0.3, -0.25) is 4.79 Å². The van der Waals surface area contributed by atoms with Crippen LogP contribution in [-0.2, 0) is 6.54 Å². The van der Waals surface area contributed by atoms with Gasteiger partial charge in [-0.2, -0.15) is 0 Å². The van der Waals surface area contributed by atoms with Gasteiger partial charge in [0.25, 0.3) is 5.91 Å². The van der Waals surface area contributed by atoms with Gasteiger partial charge < -0.3 is 14.2 Å². The van der Waals surface area contributed by atoms with Crippen molar-refractivity contribution in [3.8, 4) is 22.8 Å². The first kappa shape index (κ1) is 19.8. The van der Waals surface area contributed by atoms with Gasteiger partial charge in [0.05, 0.1) is 0 Å². The Kier molecular flexibility index (Phi) is 5.07. The summed E-state index contributed by atoms with van der Waals surface area (Å²) < 4.78 is 11.6. The smallest absolute Gasteiger partial charge is 0.287 e. The maximum Gasteiger partial charge on any atom is 0.287 e. The largest absolute Gasteiger partial charge is 0.451 e. The lowest BCUT2D eigenvalue weighted by Crippen LogP contribution is -2.22. The van der Waals surface area contributed by atoms with Crippen LogP contribution < -0.4 is 5.32 Å². The molecule has 0 saturated heterocycles. The molecule has 32 heavy (non-hydrogen) atoms. The van der Waals surface area contributed by atoms with Gasteiger partial charge >= 0.3 is 0 Å². The number of nitrogens with one attached hydrogen (secondary N) is 1. The molecule has 5 rings (SSSR count). The number of oxazole rings is 1. The van der Waals surface area contributed by atoms with Crippen LogP contribution in [0.2, 0.25) is 0 Å². The van der Waals surface area contributed by atoms with Gasteiger partial charge in [0.15, 0.2) is 11.3 Å². The Labute approximate surface area is 185 Å². The molecule has 0 saturated carbocycles. The number of nitrogens with zero attached hydrogens (tertiary/aromatic N) is 1. The summed E-state index contributed by atoms with van der Waals surface area (Å²) in [5.41, 5.74) is 6.81. The van der Waals surface area contributed by atoms with E-state index in [9.17, 15) is 4.79 Å². The fourth-order valence-corrected chi connectivity index (χ4v) is 3.56. The van der Waals surface area contributed by atoms with E-state index in [0.717, 1.165) is 27.8 Å². The molecule has 0 aliphatic rings. The van der Waals surface area contributed by atoms with Crippen molar-refractivity contribution in [1.29, 1.82) is 0 Å². The van der Waals surface area contributed by atoms with Crippen molar-refractivity contribution in [3.05, 3.63) is 101 Å². The van der Waals surface area contributed by atoms with Crippen LogP contribution in [0.4, 0.5) is 0 Å². The Hall–Kier alpha value is -4.12. The normalized spacial score (nSPS) is 11.1. The zero-order valence-corrected chi connectivity index (χ0v) is 17.9. The third kappa shape index (κ3) is 3.93. The number of aromatic nitrogens is 1. The van der Waals surface area contributed by atoms with E-state index in [0.29, 0.717) is 18.2 Å². The zero-order valence-electron chi connectivity index (χ0n) is 17.9. The highest BCUT2D eigenvalue weighted by molar-refractivity contribution is 5.92. The zero-order chi connectivity index (χ0) is 22.1. The summed E-state index contributed by atoms with van der Waals surface area (Å²) in [6.07, 6.45) is 0. The lowest BCUT2D eigenvalue weighted by molar-refractivity contribution is 0.0924. The van der Waals surface area contributed by atoms with Gasteiger partial charge in [-0.15, -0.1) is 0 Å². The van der Waals surface area contributed by atoms with E-state index in [-0.39, 0.29) is 11.7 Å². The summed E-state index contributed by atoms with van der Waals surface area (Å²) >= 11 is 0. The SMILES string of the molecule is Cc1cc2nc(-c3ccc(CNC(=O)c4ccc(-c5ccccc5)o4)cc3)oc2cc1C. The van der Waals surface area contributed by atoms with Gasteiger partial charge in [-0.25, -0.2) is 4.98 Å². The van der Waals surface area contributed by atoms with E-state index in [4.69, 9.17) is 8.83 Å². The summed E-state index contributed by atoms with van der Waals surface area (Å²) in [6.45, 7) is 4.52. The minimum absolute atomic E-state index is 0.249. The Morgan fingerprint density at radius 1 is 0.844 bits per heavy atom. The van der Waals surface area contributed by atoms with Gasteiger partial charge in [0, 0.05) is 17.7 Å². The molecule has 3 aromatic carbocycles. The number of carbonyl (C=O) groups excluding carboxylic acids is 1. The van der Waals surface area contributed by atoms with Gasteiger partial charge in [-0.1, -0.05) is 42.5 Å². The first-order valence-corrected chi connectivity index (χ1v) is 10.5. The van der Waals surface area contributed by atoms with Crippen LogP contribution in [0.25, 0.3) is 33.9 Å². The Bertz CT molecular complexity index is 1360. The molecule has 158 valence electrons. The second-order valence-electron chi connectivity index (χ2n) is 7.83. The number of furan rings is 1. The number of hydrogen-bond acceptors (Lipinski definition) is 4. The monoisotopic (exact) mass is 422 g/mol. The van der Waals surface area contributed by atoms with Crippen molar-refractivity contribution >= 4 is 17.0 Å². The average molecular weight is 422 g/mol. The van der Waals surface area contributed by atoms with Crippen LogP contribution in [0.1, 0.15) is 27.2 Å². The minimum atomic E-state index is -0.249. The standard InChI is InChI=1S/C27H22N2O3/c1-17-14-22-25(15-18(17)2)32-27(29-22)21-10-8-19(9-11-21)16-28-26(30)24-13-12-23(31-24)20-6-4-3-5-7-20/h3-15H,16H2,1-2H3,(H,28,30). The van der Waals surface area contributed by atoms with Crippen LogP contribution in [0.5, 0.6) is 0 Å². The molecule has 0 atom stereocenters. The molecule has 5 nitrogen and oxygen atoms in total. The molecule has 2 heterocycles. The van der Waals surface area contributed by atoms with E-state index in [1.807, 2.05) is 72.8 Å². The number of aryl methyl sites for hydroxylation is 2. The van der Waals surface area contributed by atoms with Gasteiger partial charge in [0.1, 0.15) is 11.3 Å². The van der Waals surface area contributed by atoms with E-state index in [2.05, 4.69) is 24.1 Å². The van der Waals surface area contributed by atoms with Crippen LogP contribution in [0, 0.1) is 13.8 Å². The molecular formula is C27H22N2O3. The van der Waals surface area contributed by atoms with E-state index in [1.165, 1.54) is 11.1 Å². The fourth-order valence-electron chi connectivity index (χ4n) is 3.56. The van der Waals surface area contributed by atoms with E-state index >= 15 is 0 Å². The second kappa shape index (κ2) is 8.19. The average Bonchev–Trinajstić information content (AvgIpc) is 3.46. The van der Waals surface area contributed by atoms with Crippen molar-refractivity contribution in [3.63, 3.8) is 0 Å². The molecule has 5 heteroatoms. The molecule has 0 aliphatic heterocycles. The Morgan fingerprint density at radius 3 is 2.38 bits per heavy atom. The fraction of sp³-hybridized carbons (Fsp3) is 0.111. The lowest BCUT2D eigenvalue weighted by atomic mass is 10.1. The number of benzene rings is 3. The van der Waals surface area contributed by atoms with Gasteiger partial charge in [0.2, 0.25) is 5.89 Å². The first-order valence-electron chi connectivity index (χ1n) is 10.5. The Morgan fingerprint density at radius 2 is 1.59 bits per heavy atom. The van der Waals surface area contributed by atoms with Crippen molar-refractivity contribution in [1.82, 2.24) is 10.3 Å². The number of carbonyl (C=O) groups is 1. The van der Waals surface area contributed by atoms with Crippen molar-refractivity contribution in [2.75, 3.05) is 0 Å². The summed E-state index contributed by atoms with van der Waals surface area (Å²) in [5, 5.41) is 2.90. The van der Waals surface area contributed by atoms with Crippen LogP contribution in [0.3, 0.4) is 0 Å². The highest BCUT2D eigenvalue weighted by Crippen LogP contribution is 2.27. The summed E-state index contributed by atoms with van der Waals surface area (Å²) in [6, 6.07) is 25.1. The quantitative estimate of drug-likeness (QED) is 0.361. The molecule has 0 unspecified atom stereocenters. The van der Waals surface area contributed by atoms with Crippen molar-refractivity contribution < 1.29 is 13.6 Å². The van der Waals surface area contributed by atoms with Crippen molar-refractivity contribution in [2.45, 2.75) is 20.4 Å². The summed E-state index contributed by atoms with van der Waals surface area (Å²) in [4.78, 5) is 17.1. The minimum Gasteiger partial charge on any atom is -0.451 e. The molecule has 2 aromatic heterocycles. The van der Waals surface area contributed by atoms with E-state index < -0.39 is 0 Å². The third-order valence-corrected chi connectivity index (χ3v) is 5.55. The molecule has 0 bridgehead atoms. The van der Waals surface area contributed by atoms with Crippen molar-refractivity contribution in [2.24, 2.45) is 0 Å². The number of rotatable bonds is 5.